The van der Waals surface area contributed by atoms with Crippen molar-refractivity contribution < 1.29 is 14.3 Å². The Hall–Kier alpha value is -3.12. The van der Waals surface area contributed by atoms with E-state index >= 15 is 0 Å². The van der Waals surface area contributed by atoms with Crippen molar-refractivity contribution in [3.8, 4) is 16.2 Å². The van der Waals surface area contributed by atoms with Crippen molar-refractivity contribution in [2.45, 2.75) is 20.4 Å². The van der Waals surface area contributed by atoms with Crippen LogP contribution in [0.1, 0.15) is 39.4 Å². The van der Waals surface area contributed by atoms with Gasteiger partial charge in [0, 0.05) is 23.5 Å². The maximum absolute atomic E-state index is 12.8. The smallest absolute Gasteiger partial charge is 0.265 e. The van der Waals surface area contributed by atoms with Crippen molar-refractivity contribution in [1.82, 2.24) is 10.6 Å². The second kappa shape index (κ2) is 9.89. The molecule has 0 saturated carbocycles. The van der Waals surface area contributed by atoms with Crippen molar-refractivity contribution in [2.24, 2.45) is 0 Å². The average molecular weight is 409 g/mol. The van der Waals surface area contributed by atoms with E-state index in [1.807, 2.05) is 62.4 Å². The molecule has 2 N–H and O–H groups in total. The minimum absolute atomic E-state index is 0.120. The Labute approximate surface area is 174 Å². The van der Waals surface area contributed by atoms with Crippen LogP contribution in [-0.4, -0.2) is 25.0 Å². The molecule has 6 heteroatoms. The van der Waals surface area contributed by atoms with Crippen LogP contribution in [0.5, 0.6) is 5.75 Å². The monoisotopic (exact) mass is 408 g/mol. The summed E-state index contributed by atoms with van der Waals surface area (Å²) in [6.07, 6.45) is 0. The third-order valence-electron chi connectivity index (χ3n) is 4.24. The van der Waals surface area contributed by atoms with E-state index in [0.717, 1.165) is 16.0 Å². The molecule has 1 aromatic heterocycles. The number of rotatable bonds is 8. The van der Waals surface area contributed by atoms with Crippen LogP contribution in [0.4, 0.5) is 0 Å². The van der Waals surface area contributed by atoms with Crippen molar-refractivity contribution in [3.05, 3.63) is 76.7 Å². The van der Waals surface area contributed by atoms with Gasteiger partial charge in [0.05, 0.1) is 6.61 Å². The molecule has 0 radical (unpaired) electrons. The molecule has 0 saturated heterocycles. The molecule has 0 aliphatic heterocycles. The third kappa shape index (κ3) is 5.23. The molecule has 0 unspecified atom stereocenters. The molecule has 5 nitrogen and oxygen atoms in total. The number of hydrogen-bond acceptors (Lipinski definition) is 4. The van der Waals surface area contributed by atoms with Crippen molar-refractivity contribution in [1.29, 1.82) is 0 Å². The predicted molar refractivity (Wildman–Crippen MR) is 117 cm³/mol. The normalized spacial score (nSPS) is 10.4. The van der Waals surface area contributed by atoms with E-state index in [1.54, 1.807) is 12.1 Å². The lowest BCUT2D eigenvalue weighted by molar-refractivity contribution is 0.0947. The average Bonchev–Trinajstić information content (AvgIpc) is 3.17. The highest BCUT2D eigenvalue weighted by molar-refractivity contribution is 7.17. The fourth-order valence-electron chi connectivity index (χ4n) is 2.89. The fourth-order valence-corrected chi connectivity index (χ4v) is 3.91. The molecule has 0 spiro atoms. The number of benzene rings is 2. The SMILES string of the molecule is CCNC(=O)c1cccc(CNC(=O)c2sc(-c3ccccc3)cc2OCC)c1. The fraction of sp³-hybridized carbons (Fsp3) is 0.217. The van der Waals surface area contributed by atoms with Crippen LogP contribution in [-0.2, 0) is 6.54 Å². The Bertz CT molecular complexity index is 983. The first kappa shape index (κ1) is 20.6. The molecule has 3 aromatic rings. The van der Waals surface area contributed by atoms with Gasteiger partial charge in [-0.15, -0.1) is 11.3 Å². The summed E-state index contributed by atoms with van der Waals surface area (Å²) in [6, 6.07) is 19.1. The van der Waals surface area contributed by atoms with Gasteiger partial charge < -0.3 is 15.4 Å². The summed E-state index contributed by atoms with van der Waals surface area (Å²) in [5, 5.41) is 5.72. The number of thiophene rings is 1. The lowest BCUT2D eigenvalue weighted by atomic mass is 10.1. The Kier molecular flexibility index (Phi) is 7.03. The van der Waals surface area contributed by atoms with E-state index in [1.165, 1.54) is 11.3 Å². The first-order valence-corrected chi connectivity index (χ1v) is 10.4. The van der Waals surface area contributed by atoms with Gasteiger partial charge in [0.25, 0.3) is 11.8 Å². The van der Waals surface area contributed by atoms with E-state index < -0.39 is 0 Å². The Morgan fingerprint density at radius 3 is 2.45 bits per heavy atom. The molecular formula is C23H24N2O3S. The minimum Gasteiger partial charge on any atom is -0.492 e. The first-order valence-electron chi connectivity index (χ1n) is 9.59. The Balaban J connectivity index is 1.74. The zero-order valence-electron chi connectivity index (χ0n) is 16.5. The molecule has 3 rings (SSSR count). The highest BCUT2D eigenvalue weighted by atomic mass is 32.1. The summed E-state index contributed by atoms with van der Waals surface area (Å²) in [5.41, 5.74) is 2.49. The number of carbonyl (C=O) groups excluding carboxylic acids is 2. The number of ether oxygens (including phenoxy) is 1. The van der Waals surface area contributed by atoms with Crippen LogP contribution >= 0.6 is 11.3 Å². The molecule has 0 bridgehead atoms. The molecule has 0 fully saturated rings. The molecular weight excluding hydrogens is 384 g/mol. The molecule has 150 valence electrons. The standard InChI is InChI=1S/C23H24N2O3S/c1-3-24-22(26)18-12-8-9-16(13-18)15-25-23(27)21-19(28-4-2)14-20(29-21)17-10-6-5-7-11-17/h5-14H,3-4,15H2,1-2H3,(H,24,26)(H,25,27). The van der Waals surface area contributed by atoms with Gasteiger partial charge in [-0.25, -0.2) is 0 Å². The highest BCUT2D eigenvalue weighted by Gasteiger charge is 2.18. The predicted octanol–water partition coefficient (Wildman–Crippen LogP) is 4.49. The van der Waals surface area contributed by atoms with Crippen LogP contribution in [0.15, 0.2) is 60.7 Å². The topological polar surface area (TPSA) is 67.4 Å². The number of nitrogens with one attached hydrogen (secondary N) is 2. The lowest BCUT2D eigenvalue weighted by Crippen LogP contribution is -2.24. The van der Waals surface area contributed by atoms with Gasteiger partial charge in [0.15, 0.2) is 0 Å². The first-order chi connectivity index (χ1) is 14.1. The molecule has 2 amide bonds. The largest absolute Gasteiger partial charge is 0.492 e. The van der Waals surface area contributed by atoms with Crippen LogP contribution in [0.2, 0.25) is 0 Å². The van der Waals surface area contributed by atoms with Crippen molar-refractivity contribution in [3.63, 3.8) is 0 Å². The number of amides is 2. The van der Waals surface area contributed by atoms with Crippen molar-refractivity contribution in [2.75, 3.05) is 13.2 Å². The van der Waals surface area contributed by atoms with Gasteiger partial charge in [-0.2, -0.15) is 0 Å². The molecule has 0 aliphatic carbocycles. The summed E-state index contributed by atoms with van der Waals surface area (Å²) in [4.78, 5) is 26.3. The molecule has 29 heavy (non-hydrogen) atoms. The van der Waals surface area contributed by atoms with Gasteiger partial charge in [-0.05, 0) is 43.2 Å². The summed E-state index contributed by atoms with van der Waals surface area (Å²) in [6.45, 7) is 5.16. The summed E-state index contributed by atoms with van der Waals surface area (Å²) >= 11 is 1.41. The van der Waals surface area contributed by atoms with Gasteiger partial charge >= 0.3 is 0 Å². The van der Waals surface area contributed by atoms with Gasteiger partial charge in [0.2, 0.25) is 0 Å². The van der Waals surface area contributed by atoms with Gasteiger partial charge in [0.1, 0.15) is 10.6 Å². The zero-order valence-corrected chi connectivity index (χ0v) is 17.3. The van der Waals surface area contributed by atoms with E-state index in [2.05, 4.69) is 10.6 Å². The molecule has 0 aliphatic rings. The van der Waals surface area contributed by atoms with Crippen molar-refractivity contribution >= 4 is 23.2 Å². The van der Waals surface area contributed by atoms with E-state index in [0.29, 0.717) is 35.9 Å². The number of hydrogen-bond donors (Lipinski definition) is 2. The quantitative estimate of drug-likeness (QED) is 0.577. The van der Waals surface area contributed by atoms with Crippen LogP contribution in [0, 0.1) is 0 Å². The Morgan fingerprint density at radius 2 is 1.72 bits per heavy atom. The minimum atomic E-state index is -0.191. The zero-order chi connectivity index (χ0) is 20.6. The maximum Gasteiger partial charge on any atom is 0.265 e. The third-order valence-corrected chi connectivity index (χ3v) is 5.41. The second-order valence-corrected chi connectivity index (χ2v) is 7.40. The van der Waals surface area contributed by atoms with Gasteiger partial charge in [-0.3, -0.25) is 9.59 Å². The van der Waals surface area contributed by atoms with E-state index in [-0.39, 0.29) is 11.8 Å². The summed E-state index contributed by atoms with van der Waals surface area (Å²) < 4.78 is 5.69. The van der Waals surface area contributed by atoms with Gasteiger partial charge in [-0.1, -0.05) is 42.5 Å². The number of carbonyl (C=O) groups is 2. The second-order valence-electron chi connectivity index (χ2n) is 6.35. The maximum atomic E-state index is 12.8. The summed E-state index contributed by atoms with van der Waals surface area (Å²) in [7, 11) is 0. The molecule has 0 atom stereocenters. The van der Waals surface area contributed by atoms with E-state index in [9.17, 15) is 9.59 Å². The van der Waals surface area contributed by atoms with Crippen LogP contribution in [0.25, 0.3) is 10.4 Å². The van der Waals surface area contributed by atoms with E-state index in [4.69, 9.17) is 4.74 Å². The highest BCUT2D eigenvalue weighted by Crippen LogP contribution is 2.36. The lowest BCUT2D eigenvalue weighted by Gasteiger charge is -2.08. The van der Waals surface area contributed by atoms with Crippen LogP contribution in [0.3, 0.4) is 0 Å². The molecule has 2 aromatic carbocycles. The molecule has 1 heterocycles. The summed E-state index contributed by atoms with van der Waals surface area (Å²) in [5.74, 6) is 0.277. The Morgan fingerprint density at radius 1 is 0.931 bits per heavy atom. The van der Waals surface area contributed by atoms with Crippen LogP contribution < -0.4 is 15.4 Å².